The number of pyridine rings is 1. The normalized spacial score (nSPS) is 17.1. The number of rotatable bonds is 5. The lowest BCUT2D eigenvalue weighted by Gasteiger charge is -2.47. The van der Waals surface area contributed by atoms with E-state index in [0.29, 0.717) is 23.1 Å². The largest absolute Gasteiger partial charge is 0.443 e. The first-order valence-electron chi connectivity index (χ1n) is 10.9. The molecule has 170 valence electrons. The van der Waals surface area contributed by atoms with Gasteiger partial charge in [0.2, 0.25) is 0 Å². The van der Waals surface area contributed by atoms with Gasteiger partial charge in [0.05, 0.1) is 17.6 Å². The summed E-state index contributed by atoms with van der Waals surface area (Å²) in [5.74, 6) is 0.450. The van der Waals surface area contributed by atoms with Gasteiger partial charge in [-0.2, -0.15) is 0 Å². The smallest absolute Gasteiger partial charge is 0.437 e. The zero-order chi connectivity index (χ0) is 22.7. The van der Waals surface area contributed by atoms with Gasteiger partial charge in [0, 0.05) is 37.4 Å². The van der Waals surface area contributed by atoms with Crippen molar-refractivity contribution in [2.45, 2.75) is 26.4 Å². The summed E-state index contributed by atoms with van der Waals surface area (Å²) < 4.78 is 19.9. The SMILES string of the molecule is Cc1ccc(N2CCC(C3CN(c4cccc(COC(=O)N=C(N)N)c4F)C3)CC2)cn1. The predicted octanol–water partition coefficient (Wildman–Crippen LogP) is 2.79. The number of halogens is 1. The van der Waals surface area contributed by atoms with Crippen molar-refractivity contribution >= 4 is 23.4 Å². The average Bonchev–Trinajstić information content (AvgIpc) is 2.74. The zero-order valence-corrected chi connectivity index (χ0v) is 18.2. The highest BCUT2D eigenvalue weighted by Gasteiger charge is 2.36. The maximum atomic E-state index is 15.0. The number of ether oxygens (including phenoxy) is 1. The summed E-state index contributed by atoms with van der Waals surface area (Å²) in [5, 5.41) is 0. The number of hydrogen-bond donors (Lipinski definition) is 2. The first kappa shape index (κ1) is 21.9. The number of carbonyl (C=O) groups excluding carboxylic acids is 1. The number of hydrogen-bond acceptors (Lipinski definition) is 5. The molecule has 8 nitrogen and oxygen atoms in total. The van der Waals surface area contributed by atoms with E-state index >= 15 is 0 Å². The van der Waals surface area contributed by atoms with Gasteiger partial charge in [0.1, 0.15) is 6.61 Å². The molecule has 3 heterocycles. The minimum atomic E-state index is -0.938. The van der Waals surface area contributed by atoms with Crippen LogP contribution in [0.4, 0.5) is 20.6 Å². The minimum Gasteiger partial charge on any atom is -0.443 e. The minimum absolute atomic E-state index is 0.223. The van der Waals surface area contributed by atoms with Crippen LogP contribution in [0.1, 0.15) is 24.1 Å². The summed E-state index contributed by atoms with van der Waals surface area (Å²) in [7, 11) is 0. The molecule has 2 saturated heterocycles. The number of nitrogens with two attached hydrogens (primary N) is 2. The Morgan fingerprint density at radius 3 is 2.56 bits per heavy atom. The number of nitrogens with zero attached hydrogens (tertiary/aromatic N) is 4. The van der Waals surface area contributed by atoms with Crippen LogP contribution in [0, 0.1) is 24.6 Å². The molecule has 4 N–H and O–H groups in total. The summed E-state index contributed by atoms with van der Waals surface area (Å²) in [6, 6.07) is 9.31. The van der Waals surface area contributed by atoms with Gasteiger partial charge in [-0.05, 0) is 49.8 Å². The van der Waals surface area contributed by atoms with E-state index in [0.717, 1.165) is 44.7 Å². The number of benzene rings is 1. The molecule has 2 fully saturated rings. The van der Waals surface area contributed by atoms with Crippen LogP contribution < -0.4 is 21.3 Å². The third kappa shape index (κ3) is 4.92. The van der Waals surface area contributed by atoms with Gasteiger partial charge in [-0.25, -0.2) is 9.18 Å². The first-order chi connectivity index (χ1) is 15.4. The summed E-state index contributed by atoms with van der Waals surface area (Å²) in [6.07, 6.45) is 3.28. The lowest BCUT2D eigenvalue weighted by molar-refractivity contribution is 0.149. The van der Waals surface area contributed by atoms with E-state index in [4.69, 9.17) is 16.2 Å². The van der Waals surface area contributed by atoms with Crippen LogP contribution in [-0.2, 0) is 11.3 Å². The van der Waals surface area contributed by atoms with Crippen LogP contribution in [0.25, 0.3) is 0 Å². The van der Waals surface area contributed by atoms with Gasteiger partial charge in [-0.1, -0.05) is 12.1 Å². The molecule has 1 aromatic carbocycles. The van der Waals surface area contributed by atoms with Crippen LogP contribution in [0.15, 0.2) is 41.5 Å². The van der Waals surface area contributed by atoms with Crippen molar-refractivity contribution in [2.24, 2.45) is 28.3 Å². The molecule has 0 unspecified atom stereocenters. The first-order valence-corrected chi connectivity index (χ1v) is 10.9. The number of anilines is 2. The average molecular weight is 441 g/mol. The molecule has 2 aromatic rings. The molecule has 1 amide bonds. The fraction of sp³-hybridized carbons (Fsp3) is 0.435. The predicted molar refractivity (Wildman–Crippen MR) is 122 cm³/mol. The lowest BCUT2D eigenvalue weighted by atomic mass is 9.79. The third-order valence-electron chi connectivity index (χ3n) is 6.35. The molecule has 0 saturated carbocycles. The Morgan fingerprint density at radius 1 is 1.16 bits per heavy atom. The molecule has 4 rings (SSSR count). The van der Waals surface area contributed by atoms with E-state index in [-0.39, 0.29) is 12.4 Å². The number of carbonyl (C=O) groups is 1. The Morgan fingerprint density at radius 2 is 1.91 bits per heavy atom. The fourth-order valence-electron chi connectivity index (χ4n) is 4.48. The van der Waals surface area contributed by atoms with Crippen molar-refractivity contribution in [1.29, 1.82) is 0 Å². The summed E-state index contributed by atoms with van der Waals surface area (Å²) in [5.41, 5.74) is 13.3. The second kappa shape index (κ2) is 9.42. The number of aromatic nitrogens is 1. The van der Waals surface area contributed by atoms with Crippen molar-refractivity contribution in [3.8, 4) is 0 Å². The second-order valence-corrected chi connectivity index (χ2v) is 8.49. The van der Waals surface area contributed by atoms with Crippen LogP contribution >= 0.6 is 0 Å². The number of amides is 1. The zero-order valence-electron chi connectivity index (χ0n) is 18.2. The third-order valence-corrected chi connectivity index (χ3v) is 6.35. The summed E-state index contributed by atoms with van der Waals surface area (Å²) >= 11 is 0. The Bertz CT molecular complexity index is 978. The lowest BCUT2D eigenvalue weighted by Crippen LogP contribution is -2.52. The highest BCUT2D eigenvalue weighted by molar-refractivity contribution is 5.87. The molecular weight excluding hydrogens is 411 g/mol. The molecule has 0 aliphatic carbocycles. The quantitative estimate of drug-likeness (QED) is 0.543. The van der Waals surface area contributed by atoms with E-state index in [1.54, 1.807) is 18.2 Å². The van der Waals surface area contributed by atoms with Gasteiger partial charge in [0.15, 0.2) is 11.8 Å². The van der Waals surface area contributed by atoms with E-state index in [9.17, 15) is 9.18 Å². The van der Waals surface area contributed by atoms with Crippen molar-refractivity contribution in [2.75, 3.05) is 36.0 Å². The molecule has 2 aliphatic rings. The molecule has 0 atom stereocenters. The second-order valence-electron chi connectivity index (χ2n) is 8.49. The van der Waals surface area contributed by atoms with E-state index in [2.05, 4.69) is 31.9 Å². The van der Waals surface area contributed by atoms with Crippen LogP contribution in [0.5, 0.6) is 0 Å². The summed E-state index contributed by atoms with van der Waals surface area (Å²) in [6.45, 7) is 5.50. The molecule has 0 radical (unpaired) electrons. The maximum Gasteiger partial charge on any atom is 0.437 e. The molecule has 0 bridgehead atoms. The van der Waals surface area contributed by atoms with E-state index < -0.39 is 12.1 Å². The fourth-order valence-corrected chi connectivity index (χ4v) is 4.48. The summed E-state index contributed by atoms with van der Waals surface area (Å²) in [4.78, 5) is 23.6. The monoisotopic (exact) mass is 440 g/mol. The molecule has 32 heavy (non-hydrogen) atoms. The van der Waals surface area contributed by atoms with Crippen molar-refractivity contribution in [1.82, 2.24) is 4.98 Å². The number of guanidine groups is 1. The van der Waals surface area contributed by atoms with Crippen molar-refractivity contribution < 1.29 is 13.9 Å². The van der Waals surface area contributed by atoms with Crippen molar-refractivity contribution in [3.63, 3.8) is 0 Å². The Hall–Kier alpha value is -3.36. The van der Waals surface area contributed by atoms with Gasteiger partial charge in [-0.3, -0.25) is 4.98 Å². The number of piperidine rings is 1. The van der Waals surface area contributed by atoms with Gasteiger partial charge < -0.3 is 26.0 Å². The molecule has 0 spiro atoms. The topological polar surface area (TPSA) is 110 Å². The number of aryl methyl sites for hydroxylation is 1. The van der Waals surface area contributed by atoms with E-state index in [1.807, 2.05) is 13.1 Å². The highest BCUT2D eigenvalue weighted by atomic mass is 19.1. The molecule has 9 heteroatoms. The van der Waals surface area contributed by atoms with Gasteiger partial charge in [-0.15, -0.1) is 4.99 Å². The Labute approximate surface area is 187 Å². The van der Waals surface area contributed by atoms with E-state index in [1.165, 1.54) is 5.69 Å². The van der Waals surface area contributed by atoms with Crippen LogP contribution in [-0.4, -0.2) is 43.2 Å². The van der Waals surface area contributed by atoms with Crippen LogP contribution in [0.3, 0.4) is 0 Å². The number of aliphatic imine (C=N–C) groups is 1. The van der Waals surface area contributed by atoms with Crippen LogP contribution in [0.2, 0.25) is 0 Å². The van der Waals surface area contributed by atoms with Crippen molar-refractivity contribution in [3.05, 3.63) is 53.6 Å². The molecule has 2 aliphatic heterocycles. The van der Waals surface area contributed by atoms with Gasteiger partial charge in [0.25, 0.3) is 0 Å². The Kier molecular flexibility index (Phi) is 6.43. The Balaban J connectivity index is 1.29. The molecule has 1 aromatic heterocycles. The van der Waals surface area contributed by atoms with Gasteiger partial charge >= 0.3 is 6.09 Å². The molecular formula is C23H29FN6O2. The highest BCUT2D eigenvalue weighted by Crippen LogP contribution is 2.37. The maximum absolute atomic E-state index is 15.0. The standard InChI is InChI=1S/C23H29FN6O2/c1-15-5-6-19(11-27-15)29-9-7-16(8-10-29)18-12-30(13-18)20-4-2-3-17(21(20)24)14-32-23(31)28-22(25)26/h2-6,11,16,18H,7-10,12-14H2,1H3,(H4,25,26,28,31).